The van der Waals surface area contributed by atoms with Crippen molar-refractivity contribution in [3.05, 3.63) is 35.6 Å². The zero-order valence-electron chi connectivity index (χ0n) is 12.1. The lowest BCUT2D eigenvalue weighted by Gasteiger charge is -2.31. The van der Waals surface area contributed by atoms with Crippen molar-refractivity contribution in [1.29, 1.82) is 0 Å². The molecule has 0 spiro atoms. The van der Waals surface area contributed by atoms with Gasteiger partial charge in [-0.15, -0.1) is 0 Å². The van der Waals surface area contributed by atoms with Gasteiger partial charge in [-0.05, 0) is 43.5 Å². The maximum Gasteiger partial charge on any atom is 0.123 e. The van der Waals surface area contributed by atoms with E-state index in [0.29, 0.717) is 19.1 Å². The lowest BCUT2D eigenvalue weighted by Crippen LogP contribution is -2.34. The molecule has 3 nitrogen and oxygen atoms in total. The Morgan fingerprint density at radius 2 is 2.30 bits per heavy atom. The number of benzene rings is 1. The zero-order valence-corrected chi connectivity index (χ0v) is 12.1. The normalized spacial score (nSPS) is 20.8. The highest BCUT2D eigenvalue weighted by molar-refractivity contribution is 5.20. The quantitative estimate of drug-likeness (QED) is 0.780. The Morgan fingerprint density at radius 3 is 3.00 bits per heavy atom. The van der Waals surface area contributed by atoms with Gasteiger partial charge in [0.2, 0.25) is 0 Å². The van der Waals surface area contributed by atoms with Crippen LogP contribution in [-0.4, -0.2) is 33.4 Å². The third kappa shape index (κ3) is 4.54. The highest BCUT2D eigenvalue weighted by Gasteiger charge is 2.25. The van der Waals surface area contributed by atoms with E-state index in [-0.39, 0.29) is 11.9 Å². The predicted octanol–water partition coefficient (Wildman–Crippen LogP) is 2.92. The van der Waals surface area contributed by atoms with E-state index in [1.54, 1.807) is 19.2 Å². The van der Waals surface area contributed by atoms with Crippen LogP contribution in [0, 0.1) is 11.7 Å². The molecule has 1 aliphatic heterocycles. The molecular weight excluding hydrogens is 257 g/mol. The molecule has 112 valence electrons. The Bertz CT molecular complexity index is 394. The van der Waals surface area contributed by atoms with Crippen LogP contribution >= 0.6 is 0 Å². The molecule has 0 aromatic heterocycles. The highest BCUT2D eigenvalue weighted by atomic mass is 19.1. The second-order valence-electron chi connectivity index (χ2n) is 5.30. The fraction of sp³-hybridized carbons (Fsp3) is 0.625. The Morgan fingerprint density at radius 1 is 1.40 bits per heavy atom. The minimum atomic E-state index is -0.197. The lowest BCUT2D eigenvalue weighted by atomic mass is 9.89. The Labute approximate surface area is 120 Å². The van der Waals surface area contributed by atoms with Gasteiger partial charge in [0.15, 0.2) is 0 Å². The number of nitrogens with one attached hydrogen (secondary N) is 1. The monoisotopic (exact) mass is 281 g/mol. The van der Waals surface area contributed by atoms with E-state index in [0.717, 1.165) is 37.9 Å². The van der Waals surface area contributed by atoms with Crippen LogP contribution in [0.4, 0.5) is 4.39 Å². The third-order valence-corrected chi connectivity index (χ3v) is 3.73. The second kappa shape index (κ2) is 8.35. The van der Waals surface area contributed by atoms with Crippen molar-refractivity contribution in [3.63, 3.8) is 0 Å². The van der Waals surface area contributed by atoms with Crippen molar-refractivity contribution < 1.29 is 13.9 Å². The molecule has 1 fully saturated rings. The summed E-state index contributed by atoms with van der Waals surface area (Å²) < 4.78 is 24.5. The number of rotatable bonds is 7. The average molecular weight is 281 g/mol. The summed E-state index contributed by atoms with van der Waals surface area (Å²) in [6.45, 7) is 3.34. The van der Waals surface area contributed by atoms with Crippen molar-refractivity contribution in [2.24, 2.45) is 5.92 Å². The summed E-state index contributed by atoms with van der Waals surface area (Å²) >= 11 is 0. The fourth-order valence-electron chi connectivity index (χ4n) is 2.74. The van der Waals surface area contributed by atoms with Gasteiger partial charge < -0.3 is 14.8 Å². The average Bonchev–Trinajstić information content (AvgIpc) is 2.48. The van der Waals surface area contributed by atoms with Gasteiger partial charge in [0.1, 0.15) is 5.82 Å². The van der Waals surface area contributed by atoms with Gasteiger partial charge in [0, 0.05) is 32.8 Å². The van der Waals surface area contributed by atoms with Crippen molar-refractivity contribution >= 4 is 0 Å². The van der Waals surface area contributed by atoms with Crippen molar-refractivity contribution in [2.75, 3.05) is 33.4 Å². The van der Waals surface area contributed by atoms with Gasteiger partial charge in [0.25, 0.3) is 0 Å². The van der Waals surface area contributed by atoms with Gasteiger partial charge >= 0.3 is 0 Å². The first kappa shape index (κ1) is 15.4. The first-order valence-electron chi connectivity index (χ1n) is 7.38. The van der Waals surface area contributed by atoms with E-state index in [1.807, 2.05) is 6.07 Å². The first-order valence-corrected chi connectivity index (χ1v) is 7.38. The SMILES string of the molecule is COCCCO[C@@H](c1cccc(F)c1)C1CCCNC1. The molecule has 1 N–H and O–H groups in total. The number of halogens is 1. The third-order valence-electron chi connectivity index (χ3n) is 3.73. The molecule has 4 heteroatoms. The molecule has 0 radical (unpaired) electrons. The van der Waals surface area contributed by atoms with E-state index in [2.05, 4.69) is 5.32 Å². The lowest BCUT2D eigenvalue weighted by molar-refractivity contribution is -0.00517. The van der Waals surface area contributed by atoms with Crippen LogP contribution in [0.2, 0.25) is 0 Å². The topological polar surface area (TPSA) is 30.5 Å². The number of hydrogen-bond donors (Lipinski definition) is 1. The molecule has 20 heavy (non-hydrogen) atoms. The van der Waals surface area contributed by atoms with Crippen LogP contribution in [0.15, 0.2) is 24.3 Å². The molecule has 1 aromatic carbocycles. The fourth-order valence-corrected chi connectivity index (χ4v) is 2.74. The molecule has 1 unspecified atom stereocenters. The molecule has 0 aliphatic carbocycles. The van der Waals surface area contributed by atoms with Crippen LogP contribution in [0.25, 0.3) is 0 Å². The summed E-state index contributed by atoms with van der Waals surface area (Å²) in [5.41, 5.74) is 0.941. The van der Waals surface area contributed by atoms with Gasteiger partial charge in [-0.3, -0.25) is 0 Å². The van der Waals surface area contributed by atoms with Crippen LogP contribution in [0.3, 0.4) is 0 Å². The van der Waals surface area contributed by atoms with Gasteiger partial charge in [-0.1, -0.05) is 12.1 Å². The standard InChI is InChI=1S/C16H24FNO2/c1-19-9-4-10-20-16(14-6-3-8-18-12-14)13-5-2-7-15(17)11-13/h2,5,7,11,14,16,18H,3-4,6,8-10,12H2,1H3/t14?,16-/m0/s1. The van der Waals surface area contributed by atoms with E-state index in [9.17, 15) is 4.39 Å². The number of methoxy groups -OCH3 is 1. The molecule has 1 saturated heterocycles. The van der Waals surface area contributed by atoms with Gasteiger partial charge in [-0.2, -0.15) is 0 Å². The van der Waals surface area contributed by atoms with Crippen molar-refractivity contribution in [2.45, 2.75) is 25.4 Å². The van der Waals surface area contributed by atoms with Gasteiger partial charge in [-0.25, -0.2) is 4.39 Å². The molecule has 1 aromatic rings. The largest absolute Gasteiger partial charge is 0.385 e. The molecule has 2 atom stereocenters. The second-order valence-corrected chi connectivity index (χ2v) is 5.30. The molecule has 1 aliphatic rings. The molecule has 0 bridgehead atoms. The summed E-state index contributed by atoms with van der Waals surface area (Å²) in [4.78, 5) is 0. The van der Waals surface area contributed by atoms with Crippen LogP contribution in [0.5, 0.6) is 0 Å². The van der Waals surface area contributed by atoms with E-state index >= 15 is 0 Å². The highest BCUT2D eigenvalue weighted by Crippen LogP contribution is 2.31. The zero-order chi connectivity index (χ0) is 14.2. The number of hydrogen-bond acceptors (Lipinski definition) is 3. The Kier molecular flexibility index (Phi) is 6.43. The molecule has 0 saturated carbocycles. The van der Waals surface area contributed by atoms with E-state index < -0.39 is 0 Å². The Hall–Kier alpha value is -0.970. The van der Waals surface area contributed by atoms with Crippen molar-refractivity contribution in [3.8, 4) is 0 Å². The van der Waals surface area contributed by atoms with E-state index in [1.165, 1.54) is 6.07 Å². The smallest absolute Gasteiger partial charge is 0.123 e. The van der Waals surface area contributed by atoms with Crippen molar-refractivity contribution in [1.82, 2.24) is 5.32 Å². The number of ether oxygens (including phenoxy) is 2. The van der Waals surface area contributed by atoms with Gasteiger partial charge in [0.05, 0.1) is 6.10 Å². The minimum Gasteiger partial charge on any atom is -0.385 e. The van der Waals surface area contributed by atoms with E-state index in [4.69, 9.17) is 9.47 Å². The molecular formula is C16H24FNO2. The maximum absolute atomic E-state index is 13.4. The summed E-state index contributed by atoms with van der Waals surface area (Å²) in [6.07, 6.45) is 3.11. The maximum atomic E-state index is 13.4. The summed E-state index contributed by atoms with van der Waals surface area (Å²) in [7, 11) is 1.69. The summed E-state index contributed by atoms with van der Waals surface area (Å²) in [5, 5.41) is 3.40. The summed E-state index contributed by atoms with van der Waals surface area (Å²) in [6, 6.07) is 6.78. The molecule has 1 heterocycles. The van der Waals surface area contributed by atoms with Crippen LogP contribution in [-0.2, 0) is 9.47 Å². The first-order chi connectivity index (χ1) is 9.81. The van der Waals surface area contributed by atoms with Crippen LogP contribution < -0.4 is 5.32 Å². The van der Waals surface area contributed by atoms with Crippen LogP contribution in [0.1, 0.15) is 30.9 Å². The minimum absolute atomic E-state index is 0.0321. The molecule has 2 rings (SSSR count). The Balaban J connectivity index is 2.02. The number of piperidine rings is 1. The predicted molar refractivity (Wildman–Crippen MR) is 77.2 cm³/mol. The summed E-state index contributed by atoms with van der Waals surface area (Å²) in [5.74, 6) is 0.213. The molecule has 0 amide bonds.